The molecule has 0 aliphatic carbocycles. The first kappa shape index (κ1) is 13.6. The number of amides is 1. The van der Waals surface area contributed by atoms with Gasteiger partial charge in [-0.3, -0.25) is 4.79 Å². The third kappa shape index (κ3) is 2.73. The fraction of sp³-hybridized carbons (Fsp3) is 0.357. The molecule has 2 aromatic rings. The minimum absolute atomic E-state index is 0.0920. The van der Waals surface area contributed by atoms with Crippen LogP contribution in [0.1, 0.15) is 5.56 Å². The lowest BCUT2D eigenvalue weighted by Gasteiger charge is -2.30. The number of carboxylic acid groups (broad SMARTS) is 1. The number of fused-ring (bicyclic) bond motifs is 1. The summed E-state index contributed by atoms with van der Waals surface area (Å²) in [5.41, 5.74) is 1.60. The van der Waals surface area contributed by atoms with Crippen LogP contribution < -0.4 is 0 Å². The zero-order valence-electron chi connectivity index (χ0n) is 11.3. The van der Waals surface area contributed by atoms with Gasteiger partial charge in [0.25, 0.3) is 0 Å². The van der Waals surface area contributed by atoms with Gasteiger partial charge in [-0.25, -0.2) is 9.78 Å². The van der Waals surface area contributed by atoms with Gasteiger partial charge in [0, 0.05) is 24.3 Å². The van der Waals surface area contributed by atoms with E-state index < -0.39 is 12.1 Å². The molecule has 1 saturated heterocycles. The van der Waals surface area contributed by atoms with Crippen LogP contribution in [0.2, 0.25) is 0 Å². The maximum atomic E-state index is 12.3. The number of aromatic amines is 1. The van der Waals surface area contributed by atoms with E-state index in [9.17, 15) is 9.59 Å². The molecule has 1 amide bonds. The van der Waals surface area contributed by atoms with Gasteiger partial charge in [-0.05, 0) is 17.7 Å². The van der Waals surface area contributed by atoms with Crippen LogP contribution in [0.4, 0.5) is 0 Å². The van der Waals surface area contributed by atoms with E-state index in [0.717, 1.165) is 16.6 Å². The highest BCUT2D eigenvalue weighted by atomic mass is 16.5. The highest BCUT2D eigenvalue weighted by molar-refractivity contribution is 5.87. The number of hydrogen-bond acceptors (Lipinski definition) is 4. The van der Waals surface area contributed by atoms with E-state index >= 15 is 0 Å². The first-order valence-electron chi connectivity index (χ1n) is 6.68. The smallest absolute Gasteiger partial charge is 0.334 e. The summed E-state index contributed by atoms with van der Waals surface area (Å²) in [6.45, 7) is 0.760. The number of carboxylic acids is 1. The maximum absolute atomic E-state index is 12.3. The Labute approximate surface area is 120 Å². The SMILES string of the molecule is O=C(O)C1CN(C(=O)Cc2c[nH]c3ncccc23)CCO1. The Morgan fingerprint density at radius 2 is 2.38 bits per heavy atom. The minimum atomic E-state index is -1.04. The number of ether oxygens (including phenoxy) is 1. The minimum Gasteiger partial charge on any atom is -0.479 e. The molecule has 7 heteroatoms. The Kier molecular flexibility index (Phi) is 3.57. The summed E-state index contributed by atoms with van der Waals surface area (Å²) in [5, 5.41) is 9.87. The molecule has 3 heterocycles. The van der Waals surface area contributed by atoms with Crippen molar-refractivity contribution < 1.29 is 19.4 Å². The maximum Gasteiger partial charge on any atom is 0.334 e. The van der Waals surface area contributed by atoms with Crippen molar-refractivity contribution in [2.24, 2.45) is 0 Å². The second-order valence-electron chi connectivity index (χ2n) is 4.93. The third-order valence-corrected chi connectivity index (χ3v) is 3.57. The van der Waals surface area contributed by atoms with E-state index in [2.05, 4.69) is 9.97 Å². The van der Waals surface area contributed by atoms with E-state index in [0.29, 0.717) is 6.54 Å². The van der Waals surface area contributed by atoms with E-state index in [4.69, 9.17) is 9.84 Å². The number of aromatic nitrogens is 2. The molecular formula is C14H15N3O4. The Balaban J connectivity index is 1.72. The summed E-state index contributed by atoms with van der Waals surface area (Å²) in [5.74, 6) is -1.14. The molecule has 0 aromatic carbocycles. The number of aliphatic carboxylic acids is 1. The Hall–Kier alpha value is -2.41. The molecule has 1 aliphatic rings. The van der Waals surface area contributed by atoms with Gasteiger partial charge >= 0.3 is 5.97 Å². The summed E-state index contributed by atoms with van der Waals surface area (Å²) in [4.78, 5) is 32.0. The van der Waals surface area contributed by atoms with Crippen molar-refractivity contribution in [2.75, 3.05) is 19.7 Å². The van der Waals surface area contributed by atoms with Crippen molar-refractivity contribution in [2.45, 2.75) is 12.5 Å². The van der Waals surface area contributed by atoms with Gasteiger partial charge in [0.15, 0.2) is 6.10 Å². The van der Waals surface area contributed by atoms with Crippen molar-refractivity contribution in [3.63, 3.8) is 0 Å². The van der Waals surface area contributed by atoms with Crippen molar-refractivity contribution >= 4 is 22.9 Å². The fourth-order valence-electron chi connectivity index (χ4n) is 2.46. The quantitative estimate of drug-likeness (QED) is 0.853. The number of H-pyrrole nitrogens is 1. The monoisotopic (exact) mass is 289 g/mol. The van der Waals surface area contributed by atoms with Gasteiger partial charge < -0.3 is 19.7 Å². The predicted molar refractivity (Wildman–Crippen MR) is 73.8 cm³/mol. The van der Waals surface area contributed by atoms with Crippen molar-refractivity contribution in [3.8, 4) is 0 Å². The Morgan fingerprint density at radius 3 is 3.19 bits per heavy atom. The van der Waals surface area contributed by atoms with Gasteiger partial charge in [-0.1, -0.05) is 0 Å². The topological polar surface area (TPSA) is 95.5 Å². The molecular weight excluding hydrogens is 274 g/mol. The fourth-order valence-corrected chi connectivity index (χ4v) is 2.46. The summed E-state index contributed by atoms with van der Waals surface area (Å²) in [6.07, 6.45) is 2.74. The van der Waals surface area contributed by atoms with Gasteiger partial charge in [0.1, 0.15) is 5.65 Å². The molecule has 1 atom stereocenters. The van der Waals surface area contributed by atoms with E-state index in [-0.39, 0.29) is 25.5 Å². The average molecular weight is 289 g/mol. The number of rotatable bonds is 3. The number of nitrogens with zero attached hydrogens (tertiary/aromatic N) is 2. The summed E-state index contributed by atoms with van der Waals surface area (Å²) >= 11 is 0. The molecule has 0 spiro atoms. The number of carbonyl (C=O) groups is 2. The van der Waals surface area contributed by atoms with Crippen LogP contribution in [0.25, 0.3) is 11.0 Å². The van der Waals surface area contributed by atoms with Crippen LogP contribution in [0, 0.1) is 0 Å². The molecule has 7 nitrogen and oxygen atoms in total. The van der Waals surface area contributed by atoms with Crippen LogP contribution in [0.15, 0.2) is 24.5 Å². The van der Waals surface area contributed by atoms with Gasteiger partial charge in [0.2, 0.25) is 5.91 Å². The first-order valence-corrected chi connectivity index (χ1v) is 6.68. The van der Waals surface area contributed by atoms with Crippen LogP contribution in [0.5, 0.6) is 0 Å². The first-order chi connectivity index (χ1) is 10.1. The number of morpholine rings is 1. The van der Waals surface area contributed by atoms with Crippen LogP contribution in [-0.2, 0) is 20.7 Å². The second-order valence-corrected chi connectivity index (χ2v) is 4.93. The number of nitrogens with one attached hydrogen (secondary N) is 1. The summed E-state index contributed by atoms with van der Waals surface area (Å²) < 4.78 is 5.12. The predicted octanol–water partition coefficient (Wildman–Crippen LogP) is 0.417. The van der Waals surface area contributed by atoms with Crippen LogP contribution in [-0.4, -0.2) is 57.7 Å². The molecule has 1 unspecified atom stereocenters. The molecule has 2 aromatic heterocycles. The van der Waals surface area contributed by atoms with Gasteiger partial charge in [0.05, 0.1) is 19.6 Å². The van der Waals surface area contributed by atoms with E-state index in [1.54, 1.807) is 12.4 Å². The van der Waals surface area contributed by atoms with Gasteiger partial charge in [-0.15, -0.1) is 0 Å². The molecule has 0 bridgehead atoms. The molecule has 1 aliphatic heterocycles. The molecule has 0 radical (unpaired) electrons. The van der Waals surface area contributed by atoms with Gasteiger partial charge in [-0.2, -0.15) is 0 Å². The normalized spacial score (nSPS) is 18.9. The Bertz CT molecular complexity index is 682. The lowest BCUT2D eigenvalue weighted by molar-refractivity contribution is -0.159. The molecule has 110 valence electrons. The average Bonchev–Trinajstić information content (AvgIpc) is 2.91. The highest BCUT2D eigenvalue weighted by Gasteiger charge is 2.29. The molecule has 3 rings (SSSR count). The van der Waals surface area contributed by atoms with E-state index in [1.165, 1.54) is 4.90 Å². The number of pyridine rings is 1. The molecule has 1 fully saturated rings. The largest absolute Gasteiger partial charge is 0.479 e. The number of carbonyl (C=O) groups excluding carboxylic acids is 1. The van der Waals surface area contributed by atoms with Crippen molar-refractivity contribution in [1.82, 2.24) is 14.9 Å². The lowest BCUT2D eigenvalue weighted by Crippen LogP contribution is -2.49. The van der Waals surface area contributed by atoms with E-state index in [1.807, 2.05) is 12.1 Å². The third-order valence-electron chi connectivity index (χ3n) is 3.57. The lowest BCUT2D eigenvalue weighted by atomic mass is 10.1. The molecule has 2 N–H and O–H groups in total. The number of hydrogen-bond donors (Lipinski definition) is 2. The standard InChI is InChI=1S/C14H15N3O4/c18-12(17-4-5-21-11(8-17)14(19)20)6-9-7-16-13-10(9)2-1-3-15-13/h1-3,7,11H,4-6,8H2,(H,15,16)(H,19,20). The van der Waals surface area contributed by atoms with Crippen LogP contribution in [0.3, 0.4) is 0 Å². The zero-order chi connectivity index (χ0) is 14.8. The summed E-state index contributed by atoms with van der Waals surface area (Å²) in [6, 6.07) is 3.72. The summed E-state index contributed by atoms with van der Waals surface area (Å²) in [7, 11) is 0. The Morgan fingerprint density at radius 1 is 1.52 bits per heavy atom. The van der Waals surface area contributed by atoms with Crippen molar-refractivity contribution in [3.05, 3.63) is 30.1 Å². The molecule has 21 heavy (non-hydrogen) atoms. The van der Waals surface area contributed by atoms with Crippen LogP contribution >= 0.6 is 0 Å². The molecule has 0 saturated carbocycles. The van der Waals surface area contributed by atoms with Crippen molar-refractivity contribution in [1.29, 1.82) is 0 Å². The highest BCUT2D eigenvalue weighted by Crippen LogP contribution is 2.17. The second kappa shape index (κ2) is 5.53. The zero-order valence-corrected chi connectivity index (χ0v) is 11.3.